The Balaban J connectivity index is 2.21. The van der Waals surface area contributed by atoms with Gasteiger partial charge in [0.05, 0.1) is 6.61 Å². The molecule has 0 aromatic rings. The molecular formula is C11H15BO4. The van der Waals surface area contributed by atoms with Crippen LogP contribution in [0.5, 0.6) is 0 Å². The number of fused-ring (bicyclic) bond motifs is 1. The fourth-order valence-corrected chi connectivity index (χ4v) is 2.81. The normalized spacial score (nSPS) is 37.0. The van der Waals surface area contributed by atoms with E-state index in [-0.39, 0.29) is 12.6 Å². The van der Waals surface area contributed by atoms with Crippen LogP contribution in [0.2, 0.25) is 0 Å². The Labute approximate surface area is 96.4 Å². The van der Waals surface area contributed by atoms with Crippen molar-refractivity contribution in [1.82, 2.24) is 0 Å². The van der Waals surface area contributed by atoms with Crippen LogP contribution in [0.1, 0.15) is 25.7 Å². The maximum Gasteiger partial charge on any atom is 0.317 e. The lowest BCUT2D eigenvalue weighted by Crippen LogP contribution is -2.48. The summed E-state index contributed by atoms with van der Waals surface area (Å²) in [4.78, 5) is 12.1. The molecule has 0 amide bonds. The van der Waals surface area contributed by atoms with Crippen molar-refractivity contribution in [3.05, 3.63) is 12.7 Å². The standard InChI is InChI=1S/C11H15BO4/c1-2-7-14-9(13)10-4-3-5-11(10,16-12)15-8-6-10/h2H,1,3-8H2. The number of hydrogen-bond acceptors (Lipinski definition) is 4. The summed E-state index contributed by atoms with van der Waals surface area (Å²) in [5.41, 5.74) is -0.718. The van der Waals surface area contributed by atoms with Crippen LogP contribution >= 0.6 is 0 Å². The monoisotopic (exact) mass is 222 g/mol. The number of esters is 1. The second kappa shape index (κ2) is 4.22. The van der Waals surface area contributed by atoms with Gasteiger partial charge in [0, 0.05) is 6.42 Å². The van der Waals surface area contributed by atoms with Crippen molar-refractivity contribution in [3.8, 4) is 0 Å². The van der Waals surface area contributed by atoms with Crippen LogP contribution in [-0.2, 0) is 18.9 Å². The van der Waals surface area contributed by atoms with Gasteiger partial charge in [-0.2, -0.15) is 0 Å². The number of carbonyl (C=O) groups is 1. The molecule has 86 valence electrons. The number of ether oxygens (including phenoxy) is 2. The van der Waals surface area contributed by atoms with E-state index in [4.69, 9.17) is 22.2 Å². The van der Waals surface area contributed by atoms with E-state index in [0.717, 1.165) is 6.42 Å². The van der Waals surface area contributed by atoms with Gasteiger partial charge in [0.25, 0.3) is 8.05 Å². The first kappa shape index (κ1) is 11.7. The van der Waals surface area contributed by atoms with Crippen molar-refractivity contribution < 1.29 is 18.9 Å². The topological polar surface area (TPSA) is 44.8 Å². The molecular weight excluding hydrogens is 207 g/mol. The van der Waals surface area contributed by atoms with E-state index in [0.29, 0.717) is 25.9 Å². The lowest BCUT2D eigenvalue weighted by atomic mass is 9.80. The predicted molar refractivity (Wildman–Crippen MR) is 57.6 cm³/mol. The summed E-state index contributed by atoms with van der Waals surface area (Å²) >= 11 is 0. The quantitative estimate of drug-likeness (QED) is 0.406. The molecule has 2 aliphatic rings. The van der Waals surface area contributed by atoms with Crippen LogP contribution in [0.4, 0.5) is 0 Å². The van der Waals surface area contributed by atoms with Crippen molar-refractivity contribution in [1.29, 1.82) is 0 Å². The molecule has 2 radical (unpaired) electrons. The second-order valence-electron chi connectivity index (χ2n) is 4.29. The SMILES string of the molecule is [B]OC12CCCC1(C(=O)OCC=C)CCO2. The number of hydrogen-bond donors (Lipinski definition) is 0. The molecule has 1 saturated heterocycles. The average Bonchev–Trinajstić information content (AvgIpc) is 2.81. The van der Waals surface area contributed by atoms with Gasteiger partial charge < -0.3 is 14.1 Å². The fraction of sp³-hybridized carbons (Fsp3) is 0.727. The van der Waals surface area contributed by atoms with Crippen molar-refractivity contribution in [2.75, 3.05) is 13.2 Å². The van der Waals surface area contributed by atoms with Gasteiger partial charge in [0.1, 0.15) is 12.0 Å². The predicted octanol–water partition coefficient (Wildman–Crippen LogP) is 1.10. The summed E-state index contributed by atoms with van der Waals surface area (Å²) in [5.74, 6) is -1.25. The molecule has 2 fully saturated rings. The Hall–Kier alpha value is -0.805. The molecule has 2 atom stereocenters. The van der Waals surface area contributed by atoms with Crippen molar-refractivity contribution in [2.45, 2.75) is 31.5 Å². The second-order valence-corrected chi connectivity index (χ2v) is 4.29. The minimum absolute atomic E-state index is 0.210. The van der Waals surface area contributed by atoms with Crippen LogP contribution in [-0.4, -0.2) is 33.0 Å². The zero-order valence-corrected chi connectivity index (χ0v) is 9.24. The first-order chi connectivity index (χ1) is 7.71. The first-order valence-corrected chi connectivity index (χ1v) is 5.51. The van der Waals surface area contributed by atoms with Gasteiger partial charge in [-0.05, 0) is 19.3 Å². The minimum atomic E-state index is -0.967. The fourth-order valence-electron chi connectivity index (χ4n) is 2.81. The highest BCUT2D eigenvalue weighted by Crippen LogP contribution is 2.56. The van der Waals surface area contributed by atoms with Gasteiger partial charge in [-0.15, -0.1) is 0 Å². The summed E-state index contributed by atoms with van der Waals surface area (Å²) in [6.07, 6.45) is 4.37. The smallest absolute Gasteiger partial charge is 0.317 e. The highest BCUT2D eigenvalue weighted by atomic mass is 16.7. The van der Waals surface area contributed by atoms with E-state index in [1.165, 1.54) is 0 Å². The molecule has 1 aliphatic heterocycles. The molecule has 1 aliphatic carbocycles. The largest absolute Gasteiger partial charge is 0.461 e. The molecule has 0 N–H and O–H groups in total. The van der Waals surface area contributed by atoms with E-state index in [1.54, 1.807) is 6.08 Å². The maximum absolute atomic E-state index is 12.1. The molecule has 1 saturated carbocycles. The minimum Gasteiger partial charge on any atom is -0.461 e. The van der Waals surface area contributed by atoms with Gasteiger partial charge >= 0.3 is 5.97 Å². The third-order valence-corrected chi connectivity index (χ3v) is 3.62. The summed E-state index contributed by atoms with van der Waals surface area (Å²) < 4.78 is 15.7. The summed E-state index contributed by atoms with van der Waals surface area (Å²) in [6.45, 7) is 4.21. The average molecular weight is 222 g/mol. The lowest BCUT2D eigenvalue weighted by molar-refractivity contribution is -0.206. The van der Waals surface area contributed by atoms with Crippen LogP contribution in [0.25, 0.3) is 0 Å². The highest BCUT2D eigenvalue weighted by molar-refractivity contribution is 5.98. The Morgan fingerprint density at radius 1 is 1.50 bits per heavy atom. The highest BCUT2D eigenvalue weighted by Gasteiger charge is 2.65. The number of rotatable bonds is 4. The molecule has 0 bridgehead atoms. The summed E-state index contributed by atoms with van der Waals surface area (Å²) in [6, 6.07) is 0. The lowest BCUT2D eigenvalue weighted by Gasteiger charge is -2.36. The molecule has 1 heterocycles. The van der Waals surface area contributed by atoms with Gasteiger partial charge in [0.2, 0.25) is 0 Å². The molecule has 5 heteroatoms. The van der Waals surface area contributed by atoms with Crippen LogP contribution in [0, 0.1) is 5.41 Å². The van der Waals surface area contributed by atoms with E-state index < -0.39 is 11.2 Å². The molecule has 0 aromatic carbocycles. The van der Waals surface area contributed by atoms with E-state index in [2.05, 4.69) is 6.58 Å². The molecule has 0 aromatic heterocycles. The van der Waals surface area contributed by atoms with Crippen molar-refractivity contribution in [2.24, 2.45) is 5.41 Å². The molecule has 2 rings (SSSR count). The zero-order valence-electron chi connectivity index (χ0n) is 9.24. The van der Waals surface area contributed by atoms with Crippen molar-refractivity contribution in [3.63, 3.8) is 0 Å². The Morgan fingerprint density at radius 2 is 2.31 bits per heavy atom. The first-order valence-electron chi connectivity index (χ1n) is 5.51. The molecule has 4 nitrogen and oxygen atoms in total. The molecule has 0 spiro atoms. The third-order valence-electron chi connectivity index (χ3n) is 3.62. The number of carbonyl (C=O) groups excluding carboxylic acids is 1. The van der Waals surface area contributed by atoms with E-state index in [1.807, 2.05) is 0 Å². The van der Waals surface area contributed by atoms with Gasteiger partial charge in [0.15, 0.2) is 5.79 Å². The van der Waals surface area contributed by atoms with Gasteiger partial charge in [-0.25, -0.2) is 0 Å². The van der Waals surface area contributed by atoms with E-state index in [9.17, 15) is 4.79 Å². The maximum atomic E-state index is 12.1. The van der Waals surface area contributed by atoms with E-state index >= 15 is 0 Å². The van der Waals surface area contributed by atoms with Crippen molar-refractivity contribution >= 4 is 14.0 Å². The summed E-state index contributed by atoms with van der Waals surface area (Å²) in [7, 11) is 5.31. The van der Waals surface area contributed by atoms with Crippen LogP contribution in [0.15, 0.2) is 12.7 Å². The van der Waals surface area contributed by atoms with Crippen LogP contribution < -0.4 is 0 Å². The van der Waals surface area contributed by atoms with Gasteiger partial charge in [-0.1, -0.05) is 12.7 Å². The summed E-state index contributed by atoms with van der Waals surface area (Å²) in [5, 5.41) is 0. The van der Waals surface area contributed by atoms with Crippen LogP contribution in [0.3, 0.4) is 0 Å². The zero-order chi connectivity index (χ0) is 11.6. The Morgan fingerprint density at radius 3 is 3.00 bits per heavy atom. The Kier molecular flexibility index (Phi) is 3.08. The Bertz CT molecular complexity index is 292. The molecule has 16 heavy (non-hydrogen) atoms. The third kappa shape index (κ3) is 1.42. The van der Waals surface area contributed by atoms with Gasteiger partial charge in [-0.3, -0.25) is 4.79 Å². The molecule has 2 unspecified atom stereocenters.